The smallest absolute Gasteiger partial charge is 0.261 e. The van der Waals surface area contributed by atoms with Gasteiger partial charge in [0.25, 0.3) is 5.89 Å². The van der Waals surface area contributed by atoms with Crippen LogP contribution in [0.2, 0.25) is 5.02 Å². The zero-order chi connectivity index (χ0) is 19.3. The fourth-order valence-electron chi connectivity index (χ4n) is 3.77. The summed E-state index contributed by atoms with van der Waals surface area (Å²) in [5.74, 6) is 1.73. The Morgan fingerprint density at radius 3 is 2.83 bits per heavy atom. The third-order valence-electron chi connectivity index (χ3n) is 5.65. The zero-order valence-electron chi connectivity index (χ0n) is 16.4. The molecule has 29 heavy (non-hydrogen) atoms. The molecule has 0 amide bonds. The van der Waals surface area contributed by atoms with Gasteiger partial charge in [-0.3, -0.25) is 4.90 Å². The van der Waals surface area contributed by atoms with Gasteiger partial charge in [0.2, 0.25) is 0 Å². The molecule has 154 valence electrons. The van der Waals surface area contributed by atoms with E-state index in [0.29, 0.717) is 11.8 Å². The summed E-state index contributed by atoms with van der Waals surface area (Å²) in [6.07, 6.45) is 4.13. The van der Waals surface area contributed by atoms with Crippen LogP contribution in [0.25, 0.3) is 17.1 Å². The second-order valence-corrected chi connectivity index (χ2v) is 8.13. The predicted molar refractivity (Wildman–Crippen MR) is 114 cm³/mol. The number of benzene rings is 1. The van der Waals surface area contributed by atoms with Gasteiger partial charge in [-0.1, -0.05) is 22.8 Å². The first-order chi connectivity index (χ1) is 13.6. The van der Waals surface area contributed by atoms with E-state index in [9.17, 15) is 0 Å². The van der Waals surface area contributed by atoms with Crippen LogP contribution in [0.4, 0.5) is 0 Å². The molecule has 0 spiro atoms. The van der Waals surface area contributed by atoms with E-state index in [-0.39, 0.29) is 18.4 Å². The first kappa shape index (κ1) is 20.3. The summed E-state index contributed by atoms with van der Waals surface area (Å²) in [5, 5.41) is 13.0. The third-order valence-corrected chi connectivity index (χ3v) is 6.06. The Hall–Kier alpha value is -1.93. The summed E-state index contributed by atoms with van der Waals surface area (Å²) in [6.45, 7) is 4.77. The quantitative estimate of drug-likeness (QED) is 0.673. The molecule has 2 aromatic heterocycles. The van der Waals surface area contributed by atoms with Crippen LogP contribution in [0, 0.1) is 6.92 Å². The fraction of sp³-hybridized carbons (Fsp3) is 0.450. The minimum atomic E-state index is 0. The molecule has 0 radical (unpaired) electrons. The number of hydrogen-bond donors (Lipinski definition) is 1. The van der Waals surface area contributed by atoms with Gasteiger partial charge in [0.05, 0.1) is 29.2 Å². The van der Waals surface area contributed by atoms with Crippen LogP contribution in [-0.2, 0) is 0 Å². The first-order valence-corrected chi connectivity index (χ1v) is 10.1. The molecule has 1 saturated carbocycles. The zero-order valence-corrected chi connectivity index (χ0v) is 18.0. The van der Waals surface area contributed by atoms with Crippen LogP contribution in [0.3, 0.4) is 0 Å². The summed E-state index contributed by atoms with van der Waals surface area (Å²) < 4.78 is 7.64. The van der Waals surface area contributed by atoms with E-state index < -0.39 is 0 Å². The van der Waals surface area contributed by atoms with Crippen molar-refractivity contribution in [3.8, 4) is 17.1 Å². The van der Waals surface area contributed by atoms with Crippen LogP contribution in [0.5, 0.6) is 0 Å². The van der Waals surface area contributed by atoms with Gasteiger partial charge < -0.3 is 9.84 Å². The van der Waals surface area contributed by atoms with Crippen LogP contribution in [-0.4, -0.2) is 51.5 Å². The molecule has 3 heterocycles. The molecule has 2 aliphatic rings. The van der Waals surface area contributed by atoms with Gasteiger partial charge in [-0.05, 0) is 44.5 Å². The van der Waals surface area contributed by atoms with Crippen molar-refractivity contribution in [3.63, 3.8) is 0 Å². The highest BCUT2D eigenvalue weighted by atomic mass is 35.5. The molecule has 3 aromatic rings. The van der Waals surface area contributed by atoms with E-state index in [1.165, 1.54) is 0 Å². The van der Waals surface area contributed by atoms with Crippen LogP contribution < -0.4 is 5.32 Å². The lowest BCUT2D eigenvalue weighted by atomic mass is 10.1. The molecule has 1 unspecified atom stereocenters. The van der Waals surface area contributed by atoms with Gasteiger partial charge in [0, 0.05) is 30.6 Å². The maximum Gasteiger partial charge on any atom is 0.261 e. The Bertz CT molecular complexity index is 1010. The summed E-state index contributed by atoms with van der Waals surface area (Å²) in [4.78, 5) is 6.98. The number of likely N-dealkylation sites (N-methyl/N-ethyl adjacent to an activating group) is 1. The van der Waals surface area contributed by atoms with Crippen molar-refractivity contribution in [3.05, 3.63) is 46.5 Å². The molecular weight excluding hydrogens is 411 g/mol. The molecule has 0 bridgehead atoms. The molecule has 7 nitrogen and oxygen atoms in total. The highest BCUT2D eigenvalue weighted by molar-refractivity contribution is 6.31. The highest BCUT2D eigenvalue weighted by Crippen LogP contribution is 2.45. The van der Waals surface area contributed by atoms with E-state index in [4.69, 9.17) is 21.1 Å². The molecule has 1 N–H and O–H groups in total. The van der Waals surface area contributed by atoms with Crippen molar-refractivity contribution in [1.29, 1.82) is 0 Å². The fourth-order valence-corrected chi connectivity index (χ4v) is 3.94. The number of nitrogens with one attached hydrogen (secondary N) is 1. The Kier molecular flexibility index (Phi) is 5.66. The minimum absolute atomic E-state index is 0. The Balaban J connectivity index is 0.00000205. The number of nitrogens with zero attached hydrogens (tertiary/aromatic N) is 5. The number of hydrogen-bond acceptors (Lipinski definition) is 6. The Labute approximate surface area is 180 Å². The van der Waals surface area contributed by atoms with E-state index in [1.807, 2.05) is 36.0 Å². The average molecular weight is 435 g/mol. The largest absolute Gasteiger partial charge is 0.334 e. The first-order valence-electron chi connectivity index (χ1n) is 9.71. The molecule has 1 aliphatic heterocycles. The number of halogens is 2. The molecule has 1 atom stereocenters. The lowest BCUT2D eigenvalue weighted by Gasteiger charge is -2.30. The molecule has 9 heteroatoms. The number of piperazine rings is 1. The van der Waals surface area contributed by atoms with E-state index in [2.05, 4.69) is 27.5 Å². The highest BCUT2D eigenvalue weighted by Gasteiger charge is 2.34. The monoisotopic (exact) mass is 434 g/mol. The summed E-state index contributed by atoms with van der Waals surface area (Å²) >= 11 is 6.35. The van der Waals surface area contributed by atoms with E-state index in [0.717, 1.165) is 65.8 Å². The minimum Gasteiger partial charge on any atom is -0.334 e. The Morgan fingerprint density at radius 1 is 1.28 bits per heavy atom. The van der Waals surface area contributed by atoms with Crippen molar-refractivity contribution in [1.82, 2.24) is 30.1 Å². The van der Waals surface area contributed by atoms with Gasteiger partial charge in [-0.15, -0.1) is 12.4 Å². The normalized spacial score (nSPS) is 19.9. The third kappa shape index (κ3) is 3.80. The van der Waals surface area contributed by atoms with Crippen molar-refractivity contribution >= 4 is 24.0 Å². The summed E-state index contributed by atoms with van der Waals surface area (Å²) in [7, 11) is 2.09. The molecule has 1 aliphatic carbocycles. The lowest BCUT2D eigenvalue weighted by molar-refractivity contribution is 0.190. The van der Waals surface area contributed by atoms with Gasteiger partial charge in [0.1, 0.15) is 0 Å². The topological polar surface area (TPSA) is 72.0 Å². The molecule has 1 saturated heterocycles. The second kappa shape index (κ2) is 8.07. The van der Waals surface area contributed by atoms with Gasteiger partial charge in [-0.2, -0.15) is 10.1 Å². The summed E-state index contributed by atoms with van der Waals surface area (Å²) in [5.41, 5.74) is 4.06. The van der Waals surface area contributed by atoms with Crippen LogP contribution >= 0.6 is 24.0 Å². The SMILES string of the molecule is Cc1ccc(-n2ncc(-c3nc(C4CNCCN4C)no3)c2C2CC2)cc1Cl.Cl. The van der Waals surface area contributed by atoms with Crippen molar-refractivity contribution in [2.45, 2.75) is 31.7 Å². The molecular formula is C20H24Cl2N6O. The van der Waals surface area contributed by atoms with Crippen LogP contribution in [0.1, 0.15) is 41.9 Å². The predicted octanol–water partition coefficient (Wildman–Crippen LogP) is 3.76. The number of aryl methyl sites for hydroxylation is 1. The summed E-state index contributed by atoms with van der Waals surface area (Å²) in [6, 6.07) is 6.15. The molecule has 2 fully saturated rings. The Morgan fingerprint density at radius 2 is 2.10 bits per heavy atom. The van der Waals surface area contributed by atoms with Gasteiger partial charge in [-0.25, -0.2) is 4.68 Å². The molecule has 5 rings (SSSR count). The average Bonchev–Trinajstić information content (AvgIpc) is 3.25. The maximum absolute atomic E-state index is 6.35. The standard InChI is InChI=1S/C20H23ClN6O.ClH/c1-12-3-6-14(9-16(12)21)27-18(13-4-5-13)15(10-23-27)20-24-19(25-28-20)17-11-22-7-8-26(17)2;/h3,6,9-10,13,17,22H,4-5,7-8,11H2,1-2H3;1H. The van der Waals surface area contributed by atoms with Gasteiger partial charge >= 0.3 is 0 Å². The van der Waals surface area contributed by atoms with E-state index >= 15 is 0 Å². The number of aromatic nitrogens is 4. The van der Waals surface area contributed by atoms with E-state index in [1.54, 1.807) is 0 Å². The van der Waals surface area contributed by atoms with Crippen LogP contribution in [0.15, 0.2) is 28.9 Å². The van der Waals surface area contributed by atoms with Crippen molar-refractivity contribution in [2.24, 2.45) is 0 Å². The number of rotatable bonds is 4. The maximum atomic E-state index is 6.35. The second-order valence-electron chi connectivity index (χ2n) is 7.72. The van der Waals surface area contributed by atoms with Crippen molar-refractivity contribution in [2.75, 3.05) is 26.7 Å². The van der Waals surface area contributed by atoms with Gasteiger partial charge in [0.15, 0.2) is 5.82 Å². The molecule has 1 aromatic carbocycles. The van der Waals surface area contributed by atoms with Crippen molar-refractivity contribution < 1.29 is 4.52 Å². The lowest BCUT2D eigenvalue weighted by Crippen LogP contribution is -2.44.